The Kier molecular flexibility index (Phi) is 13.2. The lowest BCUT2D eigenvalue weighted by molar-refractivity contribution is -0.140. The summed E-state index contributed by atoms with van der Waals surface area (Å²) < 4.78 is 5.50. The van der Waals surface area contributed by atoms with Crippen LogP contribution in [0.25, 0.3) is 0 Å². The minimum absolute atomic E-state index is 0.0774. The molecule has 0 aliphatic carbocycles. The zero-order valence-electron chi connectivity index (χ0n) is 27.0. The van der Waals surface area contributed by atoms with Gasteiger partial charge in [-0.2, -0.15) is 0 Å². The van der Waals surface area contributed by atoms with E-state index in [2.05, 4.69) is 10.6 Å². The van der Waals surface area contributed by atoms with Crippen LogP contribution in [0.5, 0.6) is 0 Å². The highest BCUT2D eigenvalue weighted by Gasteiger charge is 2.35. The van der Waals surface area contributed by atoms with Crippen molar-refractivity contribution in [3.63, 3.8) is 0 Å². The average molecular weight is 609 g/mol. The van der Waals surface area contributed by atoms with Crippen LogP contribution in [0.2, 0.25) is 0 Å². The second-order valence-corrected chi connectivity index (χ2v) is 13.2. The van der Waals surface area contributed by atoms with Gasteiger partial charge in [-0.05, 0) is 69.9 Å². The van der Waals surface area contributed by atoms with Gasteiger partial charge in [0.1, 0.15) is 11.6 Å². The second-order valence-electron chi connectivity index (χ2n) is 13.2. The van der Waals surface area contributed by atoms with E-state index >= 15 is 0 Å². The van der Waals surface area contributed by atoms with E-state index in [0.29, 0.717) is 25.9 Å². The average Bonchev–Trinajstić information content (AvgIpc) is 2.98. The zero-order valence-corrected chi connectivity index (χ0v) is 27.0. The number of alkyl carbamates (subject to hydrolysis) is 1. The number of carbonyl (C=O) groups is 3. The lowest BCUT2D eigenvalue weighted by atomic mass is 9.88. The van der Waals surface area contributed by atoms with Gasteiger partial charge in [-0.25, -0.2) is 4.79 Å². The van der Waals surface area contributed by atoms with E-state index in [1.165, 1.54) is 0 Å². The molecule has 2 aromatic rings. The van der Waals surface area contributed by atoms with Gasteiger partial charge in [0.05, 0.1) is 12.1 Å². The molecule has 0 spiro atoms. The van der Waals surface area contributed by atoms with Crippen molar-refractivity contribution in [1.82, 2.24) is 15.5 Å². The smallest absolute Gasteiger partial charge is 0.407 e. The number of aliphatic hydroxyl groups is 1. The van der Waals surface area contributed by atoms with Crippen LogP contribution < -0.4 is 16.4 Å². The number of carbonyl (C=O) groups excluding carboxylic acids is 3. The van der Waals surface area contributed by atoms with Gasteiger partial charge in [0, 0.05) is 25.0 Å². The maximum atomic E-state index is 14.0. The van der Waals surface area contributed by atoms with E-state index in [1.54, 1.807) is 20.8 Å². The van der Waals surface area contributed by atoms with Gasteiger partial charge >= 0.3 is 6.09 Å². The van der Waals surface area contributed by atoms with Crippen molar-refractivity contribution in [3.8, 4) is 0 Å². The monoisotopic (exact) mass is 608 g/mol. The maximum Gasteiger partial charge on any atom is 0.407 e. The molecule has 2 aromatic carbocycles. The Hall–Kier alpha value is -3.43. The largest absolute Gasteiger partial charge is 0.444 e. The fraction of sp³-hybridized carbons (Fsp3) is 0.571. The summed E-state index contributed by atoms with van der Waals surface area (Å²) in [5.41, 5.74) is 7.23. The number of amides is 3. The summed E-state index contributed by atoms with van der Waals surface area (Å²) in [5, 5.41) is 17.5. The maximum absolute atomic E-state index is 14.0. The molecular weight excluding hydrogens is 556 g/mol. The number of aliphatic hydroxyl groups excluding tert-OH is 1. The summed E-state index contributed by atoms with van der Waals surface area (Å²) >= 11 is 0. The Balaban J connectivity index is 1.84. The van der Waals surface area contributed by atoms with E-state index in [1.807, 2.05) is 79.4 Å². The lowest BCUT2D eigenvalue weighted by Crippen LogP contribution is -2.55. The highest BCUT2D eigenvalue weighted by molar-refractivity contribution is 5.89. The molecular formula is C35H52N4O5. The quantitative estimate of drug-likeness (QED) is 0.269. The molecule has 1 heterocycles. The number of hydrogen-bond donors (Lipinski definition) is 4. The summed E-state index contributed by atoms with van der Waals surface area (Å²) in [5.74, 6) is -1.12. The fourth-order valence-corrected chi connectivity index (χ4v) is 5.52. The molecule has 0 radical (unpaired) electrons. The molecule has 0 aromatic heterocycles. The molecule has 1 aliphatic rings. The third-order valence-corrected chi connectivity index (χ3v) is 8.31. The van der Waals surface area contributed by atoms with Crippen molar-refractivity contribution in [2.45, 2.75) is 103 Å². The van der Waals surface area contributed by atoms with Crippen LogP contribution >= 0.6 is 0 Å². The Labute approximate surface area is 262 Å². The number of likely N-dealkylation sites (tertiary alicyclic amines) is 1. The molecule has 1 fully saturated rings. The highest BCUT2D eigenvalue weighted by atomic mass is 16.6. The summed E-state index contributed by atoms with van der Waals surface area (Å²) in [6.07, 6.45) is 1.30. The number of ether oxygens (including phenoxy) is 1. The molecule has 9 nitrogen and oxygen atoms in total. The van der Waals surface area contributed by atoms with Gasteiger partial charge in [-0.15, -0.1) is 0 Å². The van der Waals surface area contributed by atoms with E-state index < -0.39 is 35.8 Å². The minimum atomic E-state index is -1.07. The van der Waals surface area contributed by atoms with Crippen molar-refractivity contribution >= 4 is 17.9 Å². The Morgan fingerprint density at radius 3 is 2.02 bits per heavy atom. The molecule has 242 valence electrons. The van der Waals surface area contributed by atoms with Crippen LogP contribution in [0, 0.1) is 11.8 Å². The van der Waals surface area contributed by atoms with Gasteiger partial charge < -0.3 is 31.1 Å². The summed E-state index contributed by atoms with van der Waals surface area (Å²) in [6.45, 7) is 10.5. The number of benzene rings is 2. The molecule has 3 rings (SSSR count). The Morgan fingerprint density at radius 1 is 0.955 bits per heavy atom. The minimum Gasteiger partial charge on any atom is -0.444 e. The van der Waals surface area contributed by atoms with Crippen molar-refractivity contribution in [3.05, 3.63) is 71.8 Å². The van der Waals surface area contributed by atoms with Gasteiger partial charge in [0.2, 0.25) is 11.8 Å². The first-order valence-electron chi connectivity index (χ1n) is 16.0. The first-order valence-corrected chi connectivity index (χ1v) is 16.0. The molecule has 5 N–H and O–H groups in total. The van der Waals surface area contributed by atoms with Gasteiger partial charge in [-0.1, -0.05) is 80.9 Å². The Bertz CT molecular complexity index is 1180. The van der Waals surface area contributed by atoms with Crippen molar-refractivity contribution in [1.29, 1.82) is 0 Å². The number of nitrogens with two attached hydrogens (primary N) is 1. The standard InChI is InChI=1S/C35H52N4O5/c1-6-24(2)31(33(42)39-19-17-28(36)18-20-39)38-32(41)27(21-25-13-9-7-10-14-25)23-30(40)29(22-26-15-11-8-12-16-26)37-34(43)44-35(3,4)5/h7-16,24,27-31,40H,6,17-23,36H2,1-5H3,(H,37,43)(H,38,41)/t24-,27?,29?,30?,31-/m0/s1. The third kappa shape index (κ3) is 11.2. The Morgan fingerprint density at radius 2 is 1.50 bits per heavy atom. The van der Waals surface area contributed by atoms with Crippen molar-refractivity contribution in [2.75, 3.05) is 13.1 Å². The van der Waals surface area contributed by atoms with Crippen molar-refractivity contribution in [2.24, 2.45) is 17.6 Å². The van der Waals surface area contributed by atoms with Gasteiger partial charge in [0.15, 0.2) is 0 Å². The molecule has 9 heteroatoms. The number of hydrogen-bond acceptors (Lipinski definition) is 6. The molecule has 5 atom stereocenters. The first kappa shape index (κ1) is 35.1. The number of nitrogens with one attached hydrogen (secondary N) is 2. The van der Waals surface area contributed by atoms with E-state index in [-0.39, 0.29) is 30.2 Å². The van der Waals surface area contributed by atoms with Crippen LogP contribution in [0.15, 0.2) is 60.7 Å². The number of piperidine rings is 1. The van der Waals surface area contributed by atoms with Crippen LogP contribution in [0.3, 0.4) is 0 Å². The van der Waals surface area contributed by atoms with Gasteiger partial charge in [-0.3, -0.25) is 9.59 Å². The lowest BCUT2D eigenvalue weighted by Gasteiger charge is -2.35. The molecule has 1 aliphatic heterocycles. The van der Waals surface area contributed by atoms with Gasteiger partial charge in [0.25, 0.3) is 0 Å². The topological polar surface area (TPSA) is 134 Å². The predicted octanol–water partition coefficient (Wildman–Crippen LogP) is 4.21. The number of rotatable bonds is 13. The van der Waals surface area contributed by atoms with Crippen LogP contribution in [0.1, 0.15) is 71.4 Å². The summed E-state index contributed by atoms with van der Waals surface area (Å²) in [4.78, 5) is 42.3. The summed E-state index contributed by atoms with van der Waals surface area (Å²) in [7, 11) is 0. The SMILES string of the molecule is CC[C@H](C)[C@H](NC(=O)C(Cc1ccccc1)CC(O)C(Cc1ccccc1)NC(=O)OC(C)(C)C)C(=O)N1CCC(N)CC1. The molecule has 3 amide bonds. The van der Waals surface area contributed by atoms with Crippen LogP contribution in [-0.4, -0.2) is 70.8 Å². The summed E-state index contributed by atoms with van der Waals surface area (Å²) in [6, 6.07) is 17.9. The van der Waals surface area contributed by atoms with Crippen LogP contribution in [0.4, 0.5) is 4.79 Å². The second kappa shape index (κ2) is 16.6. The normalized spacial score (nSPS) is 17.6. The van der Waals surface area contributed by atoms with E-state index in [9.17, 15) is 19.5 Å². The molecule has 0 bridgehead atoms. The fourth-order valence-electron chi connectivity index (χ4n) is 5.52. The zero-order chi connectivity index (χ0) is 32.3. The molecule has 1 saturated heterocycles. The van der Waals surface area contributed by atoms with E-state index in [0.717, 1.165) is 30.4 Å². The van der Waals surface area contributed by atoms with Crippen molar-refractivity contribution < 1.29 is 24.2 Å². The van der Waals surface area contributed by atoms with Crippen LogP contribution in [-0.2, 0) is 27.2 Å². The highest BCUT2D eigenvalue weighted by Crippen LogP contribution is 2.22. The number of nitrogens with zero attached hydrogens (tertiary/aromatic N) is 1. The molecule has 0 saturated carbocycles. The molecule has 3 unspecified atom stereocenters. The predicted molar refractivity (Wildman–Crippen MR) is 173 cm³/mol. The van der Waals surface area contributed by atoms with E-state index in [4.69, 9.17) is 10.5 Å². The first-order chi connectivity index (χ1) is 20.9. The third-order valence-electron chi connectivity index (χ3n) is 8.31. The molecule has 44 heavy (non-hydrogen) atoms.